The first-order chi connectivity index (χ1) is 12.1. The van der Waals surface area contributed by atoms with Crippen molar-refractivity contribution in [2.45, 2.75) is 39.3 Å². The van der Waals surface area contributed by atoms with Gasteiger partial charge in [-0.1, -0.05) is 35.5 Å². The monoisotopic (exact) mass is 338 g/mol. The molecule has 6 nitrogen and oxygen atoms in total. The standard InChI is InChI=1S/C19H22N4O2/c1-12(14-9-10-14)23(3)11-16-20-21-19(24-16)17-13(2)25-22-18(17)15-7-5-4-6-8-15/h4-8,12,14H,9-11H2,1-3H3/t12-/m0/s1. The van der Waals surface area contributed by atoms with Gasteiger partial charge in [0, 0.05) is 11.6 Å². The first-order valence-corrected chi connectivity index (χ1v) is 8.68. The number of rotatable bonds is 6. The number of aromatic nitrogens is 3. The third kappa shape index (κ3) is 3.22. The van der Waals surface area contributed by atoms with Crippen molar-refractivity contribution in [2.24, 2.45) is 5.92 Å². The zero-order chi connectivity index (χ0) is 17.4. The lowest BCUT2D eigenvalue weighted by molar-refractivity contribution is 0.206. The molecule has 0 unspecified atom stereocenters. The van der Waals surface area contributed by atoms with Crippen LogP contribution in [0, 0.1) is 12.8 Å². The van der Waals surface area contributed by atoms with Gasteiger partial charge in [-0.05, 0) is 39.7 Å². The summed E-state index contributed by atoms with van der Waals surface area (Å²) >= 11 is 0. The van der Waals surface area contributed by atoms with E-state index in [1.165, 1.54) is 12.8 Å². The van der Waals surface area contributed by atoms with Gasteiger partial charge in [0.2, 0.25) is 5.89 Å². The minimum atomic E-state index is 0.458. The molecule has 1 atom stereocenters. The first-order valence-electron chi connectivity index (χ1n) is 8.68. The van der Waals surface area contributed by atoms with Gasteiger partial charge < -0.3 is 8.94 Å². The van der Waals surface area contributed by atoms with Crippen molar-refractivity contribution in [1.29, 1.82) is 0 Å². The van der Waals surface area contributed by atoms with Gasteiger partial charge in [0.25, 0.3) is 5.89 Å². The number of hydrogen-bond acceptors (Lipinski definition) is 6. The van der Waals surface area contributed by atoms with Crippen LogP contribution in [0.25, 0.3) is 22.7 Å². The molecular formula is C19H22N4O2. The fourth-order valence-electron chi connectivity index (χ4n) is 3.13. The molecule has 1 aliphatic rings. The Morgan fingerprint density at radius 3 is 2.68 bits per heavy atom. The summed E-state index contributed by atoms with van der Waals surface area (Å²) in [5.74, 6) is 2.55. The first kappa shape index (κ1) is 16.0. The van der Waals surface area contributed by atoms with Crippen LogP contribution in [0.1, 0.15) is 31.4 Å². The van der Waals surface area contributed by atoms with Gasteiger partial charge in [-0.2, -0.15) is 0 Å². The summed E-state index contributed by atoms with van der Waals surface area (Å²) in [5, 5.41) is 12.6. The second kappa shape index (κ2) is 6.44. The van der Waals surface area contributed by atoms with Crippen LogP contribution in [0.5, 0.6) is 0 Å². The van der Waals surface area contributed by atoms with E-state index < -0.39 is 0 Å². The zero-order valence-corrected chi connectivity index (χ0v) is 14.8. The molecule has 25 heavy (non-hydrogen) atoms. The van der Waals surface area contributed by atoms with Gasteiger partial charge in [-0.15, -0.1) is 10.2 Å². The van der Waals surface area contributed by atoms with Crippen molar-refractivity contribution < 1.29 is 8.94 Å². The SMILES string of the molecule is Cc1onc(-c2ccccc2)c1-c1nnc(CN(C)[C@@H](C)C2CC2)o1. The van der Waals surface area contributed by atoms with Gasteiger partial charge in [0.05, 0.1) is 6.54 Å². The van der Waals surface area contributed by atoms with E-state index in [2.05, 4.69) is 34.2 Å². The fourth-order valence-corrected chi connectivity index (χ4v) is 3.13. The molecule has 4 rings (SSSR count). The second-order valence-electron chi connectivity index (χ2n) is 6.82. The lowest BCUT2D eigenvalue weighted by atomic mass is 10.1. The van der Waals surface area contributed by atoms with E-state index >= 15 is 0 Å². The number of aryl methyl sites for hydroxylation is 1. The Morgan fingerprint density at radius 2 is 1.96 bits per heavy atom. The molecule has 6 heteroatoms. The highest BCUT2D eigenvalue weighted by molar-refractivity contribution is 5.77. The predicted molar refractivity (Wildman–Crippen MR) is 93.6 cm³/mol. The average molecular weight is 338 g/mol. The number of benzene rings is 1. The van der Waals surface area contributed by atoms with E-state index in [0.29, 0.717) is 30.1 Å². The molecule has 0 saturated heterocycles. The molecule has 2 heterocycles. The minimum absolute atomic E-state index is 0.458. The van der Waals surface area contributed by atoms with Crippen LogP contribution in [0.15, 0.2) is 39.3 Å². The lowest BCUT2D eigenvalue weighted by Gasteiger charge is -2.22. The van der Waals surface area contributed by atoms with Crippen LogP contribution in [-0.2, 0) is 6.54 Å². The molecule has 0 spiro atoms. The Balaban J connectivity index is 1.59. The topological polar surface area (TPSA) is 68.2 Å². The van der Waals surface area contributed by atoms with Crippen molar-refractivity contribution in [3.05, 3.63) is 42.0 Å². The van der Waals surface area contributed by atoms with Crippen LogP contribution in [0.2, 0.25) is 0 Å². The maximum atomic E-state index is 5.93. The average Bonchev–Trinajstić information content (AvgIpc) is 3.26. The molecule has 0 radical (unpaired) electrons. The molecule has 1 fully saturated rings. The van der Waals surface area contributed by atoms with Crippen molar-refractivity contribution >= 4 is 0 Å². The largest absolute Gasteiger partial charge is 0.419 e. The fraction of sp³-hybridized carbons (Fsp3) is 0.421. The third-order valence-electron chi connectivity index (χ3n) is 4.97. The van der Waals surface area contributed by atoms with Crippen LogP contribution < -0.4 is 0 Å². The van der Waals surface area contributed by atoms with Gasteiger partial charge in [-0.3, -0.25) is 4.90 Å². The Kier molecular flexibility index (Phi) is 4.13. The molecule has 0 aliphatic heterocycles. The molecular weight excluding hydrogens is 316 g/mol. The summed E-state index contributed by atoms with van der Waals surface area (Å²) < 4.78 is 11.3. The highest BCUT2D eigenvalue weighted by atomic mass is 16.5. The molecule has 1 saturated carbocycles. The molecule has 2 aromatic heterocycles. The van der Waals surface area contributed by atoms with Crippen molar-refractivity contribution in [3.8, 4) is 22.7 Å². The van der Waals surface area contributed by atoms with Crippen LogP contribution in [-0.4, -0.2) is 33.3 Å². The molecule has 1 aliphatic carbocycles. The predicted octanol–water partition coefficient (Wildman–Crippen LogP) is 3.93. The minimum Gasteiger partial charge on any atom is -0.419 e. The van der Waals surface area contributed by atoms with Gasteiger partial charge >= 0.3 is 0 Å². The Hall–Kier alpha value is -2.47. The molecule has 0 amide bonds. The summed E-state index contributed by atoms with van der Waals surface area (Å²) in [6.45, 7) is 4.77. The third-order valence-corrected chi connectivity index (χ3v) is 4.97. The van der Waals surface area contributed by atoms with Crippen molar-refractivity contribution in [2.75, 3.05) is 7.05 Å². The number of hydrogen-bond donors (Lipinski definition) is 0. The summed E-state index contributed by atoms with van der Waals surface area (Å²) in [6, 6.07) is 10.4. The molecule has 130 valence electrons. The van der Waals surface area contributed by atoms with E-state index in [9.17, 15) is 0 Å². The van der Waals surface area contributed by atoms with Crippen molar-refractivity contribution in [3.63, 3.8) is 0 Å². The summed E-state index contributed by atoms with van der Waals surface area (Å²) in [7, 11) is 2.10. The van der Waals surface area contributed by atoms with Crippen LogP contribution >= 0.6 is 0 Å². The van der Waals surface area contributed by atoms with E-state index in [1.807, 2.05) is 37.3 Å². The van der Waals surface area contributed by atoms with E-state index in [0.717, 1.165) is 22.7 Å². The Labute approximate surface area is 146 Å². The van der Waals surface area contributed by atoms with E-state index in [1.54, 1.807) is 0 Å². The maximum absolute atomic E-state index is 5.93. The lowest BCUT2D eigenvalue weighted by Crippen LogP contribution is -2.30. The van der Waals surface area contributed by atoms with Gasteiger partial charge in [0.15, 0.2) is 0 Å². The normalized spacial score (nSPS) is 15.7. The molecule has 1 aromatic carbocycles. The number of nitrogens with zero attached hydrogens (tertiary/aromatic N) is 4. The quantitative estimate of drug-likeness (QED) is 0.678. The summed E-state index contributed by atoms with van der Waals surface area (Å²) in [6.07, 6.45) is 2.64. The van der Waals surface area contributed by atoms with E-state index in [4.69, 9.17) is 8.94 Å². The van der Waals surface area contributed by atoms with Gasteiger partial charge in [-0.25, -0.2) is 0 Å². The van der Waals surface area contributed by atoms with Gasteiger partial charge in [0.1, 0.15) is 17.0 Å². The summed E-state index contributed by atoms with van der Waals surface area (Å²) in [4.78, 5) is 2.27. The van der Waals surface area contributed by atoms with Crippen LogP contribution in [0.3, 0.4) is 0 Å². The van der Waals surface area contributed by atoms with Crippen LogP contribution in [0.4, 0.5) is 0 Å². The molecule has 0 N–H and O–H groups in total. The maximum Gasteiger partial charge on any atom is 0.253 e. The second-order valence-corrected chi connectivity index (χ2v) is 6.82. The summed E-state index contributed by atoms with van der Waals surface area (Å²) in [5.41, 5.74) is 2.46. The highest BCUT2D eigenvalue weighted by Gasteiger charge is 2.31. The van der Waals surface area contributed by atoms with Crippen molar-refractivity contribution in [1.82, 2.24) is 20.3 Å². The highest BCUT2D eigenvalue weighted by Crippen LogP contribution is 2.36. The zero-order valence-electron chi connectivity index (χ0n) is 14.8. The molecule has 3 aromatic rings. The smallest absolute Gasteiger partial charge is 0.253 e. The molecule has 0 bridgehead atoms. The Bertz CT molecular complexity index is 851. The Morgan fingerprint density at radius 1 is 1.20 bits per heavy atom. The van der Waals surface area contributed by atoms with E-state index in [-0.39, 0.29) is 0 Å².